The number of ether oxygens (including phenoxy) is 1. The van der Waals surface area contributed by atoms with Gasteiger partial charge in [0.1, 0.15) is 11.6 Å². The number of aromatic nitrogens is 1. The molecule has 2 aromatic carbocycles. The standard InChI is InChI=1S/C16H13FN2O/c1-10-9-11(4-5-13(10)17)20-15-7-6-14-12(16(15)18)3-2-8-19-14/h2-9H,18H2,1H3. The monoisotopic (exact) mass is 268 g/mol. The maximum Gasteiger partial charge on any atom is 0.151 e. The Morgan fingerprint density at radius 3 is 2.80 bits per heavy atom. The van der Waals surface area contributed by atoms with Crippen LogP contribution in [-0.2, 0) is 0 Å². The number of anilines is 1. The van der Waals surface area contributed by atoms with Gasteiger partial charge in [-0.15, -0.1) is 0 Å². The molecule has 3 aromatic rings. The molecule has 0 atom stereocenters. The normalized spacial score (nSPS) is 10.7. The first-order valence-corrected chi connectivity index (χ1v) is 6.22. The maximum atomic E-state index is 13.2. The molecule has 3 nitrogen and oxygen atoms in total. The van der Waals surface area contributed by atoms with Crippen LogP contribution in [0.15, 0.2) is 48.7 Å². The zero-order valence-corrected chi connectivity index (χ0v) is 10.9. The zero-order chi connectivity index (χ0) is 14.1. The van der Waals surface area contributed by atoms with E-state index >= 15 is 0 Å². The lowest BCUT2D eigenvalue weighted by Gasteiger charge is -2.11. The Hall–Kier alpha value is -2.62. The summed E-state index contributed by atoms with van der Waals surface area (Å²) in [6.45, 7) is 1.69. The third kappa shape index (κ3) is 2.16. The maximum absolute atomic E-state index is 13.2. The molecule has 4 heteroatoms. The largest absolute Gasteiger partial charge is 0.455 e. The zero-order valence-electron chi connectivity index (χ0n) is 10.9. The Balaban J connectivity index is 2.02. The lowest BCUT2D eigenvalue weighted by Crippen LogP contribution is -1.95. The number of rotatable bonds is 2. The van der Waals surface area contributed by atoms with Crippen molar-refractivity contribution in [3.8, 4) is 11.5 Å². The summed E-state index contributed by atoms with van der Waals surface area (Å²) in [5.74, 6) is 0.836. The summed E-state index contributed by atoms with van der Waals surface area (Å²) in [7, 11) is 0. The molecule has 0 aliphatic heterocycles. The minimum Gasteiger partial charge on any atom is -0.455 e. The molecule has 0 aliphatic carbocycles. The molecular formula is C16H13FN2O. The molecule has 0 spiro atoms. The second kappa shape index (κ2) is 4.81. The van der Waals surface area contributed by atoms with Crippen LogP contribution >= 0.6 is 0 Å². The fourth-order valence-electron chi connectivity index (χ4n) is 2.05. The van der Waals surface area contributed by atoms with Gasteiger partial charge in [0.15, 0.2) is 5.75 Å². The summed E-state index contributed by atoms with van der Waals surface area (Å²) in [4.78, 5) is 4.23. The van der Waals surface area contributed by atoms with Crippen LogP contribution in [-0.4, -0.2) is 4.98 Å². The molecule has 0 saturated carbocycles. The SMILES string of the molecule is Cc1cc(Oc2ccc3ncccc3c2N)ccc1F. The summed E-state index contributed by atoms with van der Waals surface area (Å²) < 4.78 is 19.0. The van der Waals surface area contributed by atoms with Crippen molar-refractivity contribution in [2.75, 3.05) is 5.73 Å². The smallest absolute Gasteiger partial charge is 0.151 e. The van der Waals surface area contributed by atoms with Crippen LogP contribution in [0.5, 0.6) is 11.5 Å². The minimum atomic E-state index is -0.256. The van der Waals surface area contributed by atoms with Crippen LogP contribution in [0, 0.1) is 12.7 Å². The highest BCUT2D eigenvalue weighted by molar-refractivity contribution is 5.93. The number of benzene rings is 2. The predicted octanol–water partition coefficient (Wildman–Crippen LogP) is 4.06. The lowest BCUT2D eigenvalue weighted by molar-refractivity contribution is 0.482. The van der Waals surface area contributed by atoms with E-state index < -0.39 is 0 Å². The molecule has 0 aliphatic rings. The molecular weight excluding hydrogens is 255 g/mol. The van der Waals surface area contributed by atoms with Crippen LogP contribution in [0.2, 0.25) is 0 Å². The number of nitrogens with zero attached hydrogens (tertiary/aromatic N) is 1. The second-order valence-corrected chi connectivity index (χ2v) is 4.56. The first-order valence-electron chi connectivity index (χ1n) is 6.22. The van der Waals surface area contributed by atoms with Gasteiger partial charge >= 0.3 is 0 Å². The molecule has 3 rings (SSSR count). The van der Waals surface area contributed by atoms with E-state index in [1.54, 1.807) is 31.3 Å². The van der Waals surface area contributed by atoms with Gasteiger partial charge in [-0.3, -0.25) is 4.98 Å². The topological polar surface area (TPSA) is 48.1 Å². The van der Waals surface area contributed by atoms with E-state index in [0.717, 1.165) is 10.9 Å². The highest BCUT2D eigenvalue weighted by Crippen LogP contribution is 2.33. The van der Waals surface area contributed by atoms with Gasteiger partial charge in [-0.25, -0.2) is 4.39 Å². The molecule has 0 unspecified atom stereocenters. The van der Waals surface area contributed by atoms with Crippen molar-refractivity contribution in [1.29, 1.82) is 0 Å². The number of hydrogen-bond acceptors (Lipinski definition) is 3. The van der Waals surface area contributed by atoms with Crippen LogP contribution in [0.4, 0.5) is 10.1 Å². The number of nitrogens with two attached hydrogens (primary N) is 1. The lowest BCUT2D eigenvalue weighted by atomic mass is 10.1. The van der Waals surface area contributed by atoms with Gasteiger partial charge < -0.3 is 10.5 Å². The Labute approximate surface area is 115 Å². The van der Waals surface area contributed by atoms with E-state index in [9.17, 15) is 4.39 Å². The van der Waals surface area contributed by atoms with Gasteiger partial charge in [0.2, 0.25) is 0 Å². The fraction of sp³-hybridized carbons (Fsp3) is 0.0625. The van der Waals surface area contributed by atoms with Crippen molar-refractivity contribution < 1.29 is 9.13 Å². The van der Waals surface area contributed by atoms with Crippen molar-refractivity contribution in [2.24, 2.45) is 0 Å². The summed E-state index contributed by atoms with van der Waals surface area (Å²) in [6.07, 6.45) is 1.71. The third-order valence-corrected chi connectivity index (χ3v) is 3.14. The quantitative estimate of drug-likeness (QED) is 0.713. The van der Waals surface area contributed by atoms with Crippen LogP contribution in [0.25, 0.3) is 10.9 Å². The number of halogens is 1. The van der Waals surface area contributed by atoms with Gasteiger partial charge in [0, 0.05) is 11.6 Å². The summed E-state index contributed by atoms with van der Waals surface area (Å²) in [5.41, 5.74) is 7.96. The molecule has 2 N–H and O–H groups in total. The summed E-state index contributed by atoms with van der Waals surface area (Å²) in [5, 5.41) is 0.837. The van der Waals surface area contributed by atoms with Crippen molar-refractivity contribution in [3.05, 3.63) is 60.0 Å². The Morgan fingerprint density at radius 1 is 1.15 bits per heavy atom. The molecule has 0 amide bonds. The molecule has 0 saturated heterocycles. The van der Waals surface area contributed by atoms with Crippen molar-refractivity contribution in [1.82, 2.24) is 4.98 Å². The van der Waals surface area contributed by atoms with Crippen LogP contribution < -0.4 is 10.5 Å². The van der Waals surface area contributed by atoms with E-state index in [2.05, 4.69) is 4.98 Å². The third-order valence-electron chi connectivity index (χ3n) is 3.14. The minimum absolute atomic E-state index is 0.256. The van der Waals surface area contributed by atoms with Gasteiger partial charge in [0.05, 0.1) is 11.2 Å². The van der Waals surface area contributed by atoms with Gasteiger partial charge in [0.25, 0.3) is 0 Å². The molecule has 0 fully saturated rings. The molecule has 1 aromatic heterocycles. The van der Waals surface area contributed by atoms with Crippen LogP contribution in [0.1, 0.15) is 5.56 Å². The van der Waals surface area contributed by atoms with Gasteiger partial charge in [-0.2, -0.15) is 0 Å². The van der Waals surface area contributed by atoms with Crippen molar-refractivity contribution in [2.45, 2.75) is 6.92 Å². The van der Waals surface area contributed by atoms with E-state index in [1.807, 2.05) is 18.2 Å². The molecule has 20 heavy (non-hydrogen) atoms. The first kappa shape index (κ1) is 12.4. The second-order valence-electron chi connectivity index (χ2n) is 4.56. The number of hydrogen-bond donors (Lipinski definition) is 1. The number of nitrogen functional groups attached to an aromatic ring is 1. The number of aryl methyl sites for hydroxylation is 1. The summed E-state index contributed by atoms with van der Waals surface area (Å²) in [6, 6.07) is 11.9. The van der Waals surface area contributed by atoms with Gasteiger partial charge in [-0.1, -0.05) is 0 Å². The number of fused-ring (bicyclic) bond motifs is 1. The Bertz CT molecular complexity index is 787. The van der Waals surface area contributed by atoms with Crippen molar-refractivity contribution in [3.63, 3.8) is 0 Å². The van der Waals surface area contributed by atoms with Crippen molar-refractivity contribution >= 4 is 16.6 Å². The molecule has 0 bridgehead atoms. The fourth-order valence-corrected chi connectivity index (χ4v) is 2.05. The Morgan fingerprint density at radius 2 is 2.00 bits per heavy atom. The molecule has 1 heterocycles. The summed E-state index contributed by atoms with van der Waals surface area (Å²) >= 11 is 0. The van der Waals surface area contributed by atoms with E-state index in [0.29, 0.717) is 22.7 Å². The van der Waals surface area contributed by atoms with E-state index in [4.69, 9.17) is 10.5 Å². The van der Waals surface area contributed by atoms with Gasteiger partial charge in [-0.05, 0) is 55.0 Å². The first-order chi connectivity index (χ1) is 9.65. The predicted molar refractivity (Wildman–Crippen MR) is 77.4 cm³/mol. The average Bonchev–Trinajstić information content (AvgIpc) is 2.46. The molecule has 100 valence electrons. The Kier molecular flexibility index (Phi) is 2.99. The highest BCUT2D eigenvalue weighted by Gasteiger charge is 2.08. The van der Waals surface area contributed by atoms with Crippen LogP contribution in [0.3, 0.4) is 0 Å². The highest BCUT2D eigenvalue weighted by atomic mass is 19.1. The average molecular weight is 268 g/mol. The molecule has 0 radical (unpaired) electrons. The van der Waals surface area contributed by atoms with E-state index in [-0.39, 0.29) is 5.82 Å². The van der Waals surface area contributed by atoms with E-state index in [1.165, 1.54) is 6.07 Å². The number of pyridine rings is 1.